The Morgan fingerprint density at radius 3 is 1.74 bits per heavy atom. The van der Waals surface area contributed by atoms with E-state index >= 15 is 0 Å². The van der Waals surface area contributed by atoms with Crippen LogP contribution in [0.4, 0.5) is 0 Å². The molecule has 0 heterocycles. The fourth-order valence-electron chi connectivity index (χ4n) is 2.94. The SMILES string of the molecule is CCCCCCCC/C=C\CCCCCCCC(=O)OC(=O)C(O)C(O)C(=O)OC.[H-].[Na+]. The first kappa shape index (κ1) is 32.4. The molecule has 0 aliphatic heterocycles. The van der Waals surface area contributed by atoms with E-state index in [2.05, 4.69) is 28.5 Å². The van der Waals surface area contributed by atoms with Gasteiger partial charge >= 0.3 is 47.5 Å². The predicted octanol–water partition coefficient (Wildman–Crippen LogP) is 1.11. The minimum absolute atomic E-state index is 0. The van der Waals surface area contributed by atoms with Crippen molar-refractivity contribution in [1.29, 1.82) is 0 Å². The molecule has 0 aliphatic rings. The second kappa shape index (κ2) is 22.5. The van der Waals surface area contributed by atoms with Gasteiger partial charge in [-0.3, -0.25) is 4.79 Å². The van der Waals surface area contributed by atoms with Gasteiger partial charge in [0.2, 0.25) is 0 Å². The van der Waals surface area contributed by atoms with Crippen LogP contribution in [-0.4, -0.2) is 47.4 Å². The Kier molecular flexibility index (Phi) is 23.5. The average molecular weight is 453 g/mol. The maximum atomic E-state index is 11.6. The van der Waals surface area contributed by atoms with E-state index in [0.717, 1.165) is 45.6 Å². The third-order valence-corrected chi connectivity index (χ3v) is 4.84. The number of rotatable bonds is 18. The quantitative estimate of drug-likeness (QED) is 0.105. The number of carbonyl (C=O) groups excluding carboxylic acids is 3. The summed E-state index contributed by atoms with van der Waals surface area (Å²) in [6.07, 6.45) is 15.2. The maximum absolute atomic E-state index is 11.6. The fraction of sp³-hybridized carbons (Fsp3) is 0.783. The molecule has 0 aromatic heterocycles. The Bertz CT molecular complexity index is 515. The van der Waals surface area contributed by atoms with Crippen molar-refractivity contribution in [3.63, 3.8) is 0 Å². The largest absolute Gasteiger partial charge is 1.00 e. The van der Waals surface area contributed by atoms with Gasteiger partial charge in [0, 0.05) is 6.42 Å². The molecular formula is C23H41NaO7. The summed E-state index contributed by atoms with van der Waals surface area (Å²) in [6.45, 7) is 2.23. The molecule has 0 rings (SSSR count). The number of allylic oxidation sites excluding steroid dienone is 2. The van der Waals surface area contributed by atoms with Crippen molar-refractivity contribution in [3.8, 4) is 0 Å². The summed E-state index contributed by atoms with van der Waals surface area (Å²) < 4.78 is 8.65. The number of aliphatic hydroxyl groups excluding tert-OH is 2. The number of esters is 3. The van der Waals surface area contributed by atoms with E-state index in [1.165, 1.54) is 38.5 Å². The maximum Gasteiger partial charge on any atom is 1.00 e. The summed E-state index contributed by atoms with van der Waals surface area (Å²) in [5, 5.41) is 18.8. The molecule has 0 fully saturated rings. The average Bonchev–Trinajstić information content (AvgIpc) is 2.74. The summed E-state index contributed by atoms with van der Waals surface area (Å²) in [7, 11) is 1.00. The molecule has 0 aromatic carbocycles. The molecule has 0 saturated heterocycles. The second-order valence-corrected chi connectivity index (χ2v) is 7.54. The minimum Gasteiger partial charge on any atom is -1.00 e. The van der Waals surface area contributed by atoms with Crippen molar-refractivity contribution in [2.24, 2.45) is 0 Å². The van der Waals surface area contributed by atoms with Crippen molar-refractivity contribution in [2.75, 3.05) is 7.11 Å². The zero-order valence-electron chi connectivity index (χ0n) is 20.6. The second-order valence-electron chi connectivity index (χ2n) is 7.54. The molecule has 0 radical (unpaired) electrons. The Morgan fingerprint density at radius 1 is 0.774 bits per heavy atom. The molecule has 31 heavy (non-hydrogen) atoms. The van der Waals surface area contributed by atoms with Gasteiger partial charge in [-0.15, -0.1) is 0 Å². The molecule has 0 aliphatic carbocycles. The number of hydrogen-bond donors (Lipinski definition) is 2. The number of carbonyl (C=O) groups is 3. The van der Waals surface area contributed by atoms with Crippen LogP contribution < -0.4 is 29.6 Å². The smallest absolute Gasteiger partial charge is 1.00 e. The third kappa shape index (κ3) is 18.5. The van der Waals surface area contributed by atoms with E-state index in [1.807, 2.05) is 0 Å². The van der Waals surface area contributed by atoms with Crippen LogP contribution in [0.1, 0.15) is 98.2 Å². The summed E-state index contributed by atoms with van der Waals surface area (Å²) >= 11 is 0. The number of aliphatic hydroxyl groups is 2. The van der Waals surface area contributed by atoms with Crippen LogP contribution in [0.5, 0.6) is 0 Å². The molecule has 0 bridgehead atoms. The standard InChI is InChI=1S/C23H40O7.Na.H/c1-3-4-5-6-7-8-9-10-11-12-13-14-15-16-17-18-19(24)30-23(28)21(26)20(25)22(27)29-2;;/h10-11,20-21,25-26H,3-9,12-18H2,1-2H3;;/q;+1;-1/b11-10-;;. The van der Waals surface area contributed by atoms with Gasteiger partial charge < -0.3 is 21.1 Å². The van der Waals surface area contributed by atoms with Gasteiger partial charge in [-0.25, -0.2) is 9.59 Å². The Balaban J connectivity index is -0.00000420. The van der Waals surface area contributed by atoms with Gasteiger partial charge in [0.15, 0.2) is 12.2 Å². The van der Waals surface area contributed by atoms with E-state index in [1.54, 1.807) is 0 Å². The minimum atomic E-state index is -2.14. The van der Waals surface area contributed by atoms with Crippen LogP contribution >= 0.6 is 0 Å². The molecule has 0 saturated carbocycles. The van der Waals surface area contributed by atoms with E-state index in [-0.39, 0.29) is 37.4 Å². The Morgan fingerprint density at radius 2 is 1.23 bits per heavy atom. The first-order valence-electron chi connectivity index (χ1n) is 11.3. The molecule has 8 heteroatoms. The van der Waals surface area contributed by atoms with Crippen LogP contribution in [0.15, 0.2) is 12.2 Å². The molecule has 176 valence electrons. The molecule has 2 atom stereocenters. The summed E-state index contributed by atoms with van der Waals surface area (Å²) in [5.74, 6) is -3.32. The topological polar surface area (TPSA) is 110 Å². The normalized spacial score (nSPS) is 12.8. The number of methoxy groups -OCH3 is 1. The predicted molar refractivity (Wildman–Crippen MR) is 116 cm³/mol. The van der Waals surface area contributed by atoms with Crippen LogP contribution in [0.25, 0.3) is 0 Å². The van der Waals surface area contributed by atoms with Gasteiger partial charge in [0.05, 0.1) is 7.11 Å². The van der Waals surface area contributed by atoms with Crippen molar-refractivity contribution in [3.05, 3.63) is 12.2 Å². The summed E-state index contributed by atoms with van der Waals surface area (Å²) in [4.78, 5) is 34.1. The van der Waals surface area contributed by atoms with Gasteiger partial charge in [0.25, 0.3) is 0 Å². The van der Waals surface area contributed by atoms with E-state index < -0.39 is 30.1 Å². The Hall–Kier alpha value is -0.730. The van der Waals surface area contributed by atoms with Gasteiger partial charge in [-0.1, -0.05) is 70.4 Å². The summed E-state index contributed by atoms with van der Waals surface area (Å²) in [6, 6.07) is 0. The monoisotopic (exact) mass is 452 g/mol. The number of hydrogen-bond acceptors (Lipinski definition) is 7. The summed E-state index contributed by atoms with van der Waals surface area (Å²) in [5.41, 5.74) is 0. The van der Waals surface area contributed by atoms with Gasteiger partial charge in [-0.2, -0.15) is 0 Å². The molecule has 7 nitrogen and oxygen atoms in total. The van der Waals surface area contributed by atoms with Crippen molar-refractivity contribution in [2.45, 2.75) is 109 Å². The van der Waals surface area contributed by atoms with E-state index in [9.17, 15) is 24.6 Å². The first-order chi connectivity index (χ1) is 14.4. The first-order valence-corrected chi connectivity index (χ1v) is 11.3. The van der Waals surface area contributed by atoms with Crippen LogP contribution in [0.3, 0.4) is 0 Å². The van der Waals surface area contributed by atoms with Crippen molar-refractivity contribution < 1.29 is 65.1 Å². The van der Waals surface area contributed by atoms with Gasteiger partial charge in [0.1, 0.15) is 0 Å². The molecule has 2 N–H and O–H groups in total. The molecule has 0 aromatic rings. The number of ether oxygens (including phenoxy) is 2. The molecule has 0 spiro atoms. The molecular weight excluding hydrogens is 411 g/mol. The van der Waals surface area contributed by atoms with E-state index in [0.29, 0.717) is 6.42 Å². The van der Waals surface area contributed by atoms with Crippen molar-refractivity contribution >= 4 is 17.9 Å². The van der Waals surface area contributed by atoms with Crippen molar-refractivity contribution in [1.82, 2.24) is 0 Å². The van der Waals surface area contributed by atoms with Crippen LogP contribution in [-0.2, 0) is 23.9 Å². The number of unbranched alkanes of at least 4 members (excludes halogenated alkanes) is 11. The molecule has 0 amide bonds. The zero-order valence-corrected chi connectivity index (χ0v) is 21.6. The molecule has 2 unspecified atom stereocenters. The third-order valence-electron chi connectivity index (χ3n) is 4.84. The van der Waals surface area contributed by atoms with Crippen LogP contribution in [0, 0.1) is 0 Å². The van der Waals surface area contributed by atoms with Gasteiger partial charge in [-0.05, 0) is 32.1 Å². The fourth-order valence-corrected chi connectivity index (χ4v) is 2.94. The Labute approximate surface area is 210 Å². The zero-order chi connectivity index (χ0) is 22.6. The van der Waals surface area contributed by atoms with Crippen LogP contribution in [0.2, 0.25) is 0 Å². The van der Waals surface area contributed by atoms with E-state index in [4.69, 9.17) is 0 Å².